The van der Waals surface area contributed by atoms with E-state index in [1.54, 1.807) is 0 Å². The molecule has 2 heterocycles. The molecule has 1 N–H and O–H groups in total. The number of nitrogens with one attached hydrogen (secondary N) is 1. The van der Waals surface area contributed by atoms with Gasteiger partial charge in [0.25, 0.3) is 0 Å². The van der Waals surface area contributed by atoms with Crippen LogP contribution in [0.15, 0.2) is 6.20 Å². The van der Waals surface area contributed by atoms with E-state index in [-0.39, 0.29) is 6.10 Å². The summed E-state index contributed by atoms with van der Waals surface area (Å²) in [6, 6.07) is 0.670. The Bertz CT molecular complexity index is 413. The zero-order chi connectivity index (χ0) is 12.5. The first-order valence-electron chi connectivity index (χ1n) is 6.82. The fourth-order valence-electron chi connectivity index (χ4n) is 2.47. The lowest BCUT2D eigenvalue weighted by Gasteiger charge is -2.30. The van der Waals surface area contributed by atoms with Gasteiger partial charge in [0.15, 0.2) is 0 Å². The van der Waals surface area contributed by atoms with Crippen LogP contribution in [0.25, 0.3) is 0 Å². The SMILES string of the molecule is Cc1cn(C2CC2)c(NCC2CN(C)CCO2)n1. The molecule has 0 amide bonds. The molecule has 1 saturated carbocycles. The lowest BCUT2D eigenvalue weighted by molar-refractivity contribution is -0.0118. The number of ether oxygens (including phenoxy) is 1. The van der Waals surface area contributed by atoms with E-state index in [4.69, 9.17) is 4.74 Å². The second kappa shape index (κ2) is 4.90. The van der Waals surface area contributed by atoms with Crippen LogP contribution in [-0.2, 0) is 4.74 Å². The molecule has 2 fully saturated rings. The first kappa shape index (κ1) is 12.0. The van der Waals surface area contributed by atoms with Crippen molar-refractivity contribution >= 4 is 5.95 Å². The summed E-state index contributed by atoms with van der Waals surface area (Å²) in [5.41, 5.74) is 1.09. The standard InChI is InChI=1S/C13H22N4O/c1-10-8-17(11-3-4-11)13(15-10)14-7-12-9-16(2)5-6-18-12/h8,11-12H,3-7,9H2,1-2H3,(H,14,15). The number of aromatic nitrogens is 2. The lowest BCUT2D eigenvalue weighted by atomic mass is 10.3. The molecule has 5 heteroatoms. The summed E-state index contributed by atoms with van der Waals surface area (Å²) < 4.78 is 8.03. The molecule has 0 spiro atoms. The highest BCUT2D eigenvalue weighted by Crippen LogP contribution is 2.37. The molecule has 0 aromatic carbocycles. The molecule has 1 saturated heterocycles. The number of anilines is 1. The zero-order valence-electron chi connectivity index (χ0n) is 11.2. The van der Waals surface area contributed by atoms with Crippen LogP contribution < -0.4 is 5.32 Å². The van der Waals surface area contributed by atoms with Crippen LogP contribution in [0.3, 0.4) is 0 Å². The highest BCUT2D eigenvalue weighted by Gasteiger charge is 2.26. The second-order valence-corrected chi connectivity index (χ2v) is 5.48. The monoisotopic (exact) mass is 250 g/mol. The maximum absolute atomic E-state index is 5.75. The number of hydrogen-bond acceptors (Lipinski definition) is 4. The molecule has 18 heavy (non-hydrogen) atoms. The fraction of sp³-hybridized carbons (Fsp3) is 0.769. The minimum absolute atomic E-state index is 0.272. The average molecular weight is 250 g/mol. The van der Waals surface area contributed by atoms with Gasteiger partial charge in [0, 0.05) is 31.9 Å². The number of rotatable bonds is 4. The summed E-state index contributed by atoms with van der Waals surface area (Å²) in [6.07, 6.45) is 4.99. The van der Waals surface area contributed by atoms with E-state index in [9.17, 15) is 0 Å². The first-order valence-corrected chi connectivity index (χ1v) is 6.82. The summed E-state index contributed by atoms with van der Waals surface area (Å²) in [4.78, 5) is 6.87. The number of nitrogens with zero attached hydrogens (tertiary/aromatic N) is 3. The van der Waals surface area contributed by atoms with Gasteiger partial charge in [-0.25, -0.2) is 4.98 Å². The van der Waals surface area contributed by atoms with E-state index in [2.05, 4.69) is 39.9 Å². The molecule has 0 radical (unpaired) electrons. The molecule has 1 aliphatic carbocycles. The molecule has 1 aromatic rings. The van der Waals surface area contributed by atoms with Gasteiger partial charge in [-0.2, -0.15) is 0 Å². The summed E-state index contributed by atoms with van der Waals surface area (Å²) in [7, 11) is 2.14. The van der Waals surface area contributed by atoms with Crippen molar-refractivity contribution in [3.05, 3.63) is 11.9 Å². The molecule has 1 aliphatic heterocycles. The van der Waals surface area contributed by atoms with Gasteiger partial charge in [-0.05, 0) is 26.8 Å². The molecule has 100 valence electrons. The number of hydrogen-bond donors (Lipinski definition) is 1. The topological polar surface area (TPSA) is 42.3 Å². The number of morpholine rings is 1. The van der Waals surface area contributed by atoms with Crippen molar-refractivity contribution in [1.82, 2.24) is 14.5 Å². The Balaban J connectivity index is 1.59. The van der Waals surface area contributed by atoms with Gasteiger partial charge in [0.1, 0.15) is 0 Å². The Morgan fingerprint density at radius 1 is 1.50 bits per heavy atom. The number of imidazole rings is 1. The Labute approximate surface area is 108 Å². The Morgan fingerprint density at radius 2 is 2.33 bits per heavy atom. The summed E-state index contributed by atoms with van der Waals surface area (Å²) in [5.74, 6) is 1.01. The van der Waals surface area contributed by atoms with E-state index >= 15 is 0 Å². The highest BCUT2D eigenvalue weighted by atomic mass is 16.5. The van der Waals surface area contributed by atoms with Crippen molar-refractivity contribution in [3.63, 3.8) is 0 Å². The highest BCUT2D eigenvalue weighted by molar-refractivity contribution is 5.30. The van der Waals surface area contributed by atoms with E-state index < -0.39 is 0 Å². The molecule has 1 atom stereocenters. The average Bonchev–Trinajstić information content (AvgIpc) is 3.11. The lowest BCUT2D eigenvalue weighted by Crippen LogP contribution is -2.43. The van der Waals surface area contributed by atoms with Crippen LogP contribution in [0.5, 0.6) is 0 Å². The smallest absolute Gasteiger partial charge is 0.203 e. The molecule has 5 nitrogen and oxygen atoms in total. The van der Waals surface area contributed by atoms with Crippen LogP contribution in [-0.4, -0.2) is 53.8 Å². The van der Waals surface area contributed by atoms with Gasteiger partial charge in [-0.3, -0.25) is 0 Å². The Hall–Kier alpha value is -1.07. The van der Waals surface area contributed by atoms with E-state index in [0.29, 0.717) is 6.04 Å². The molecular formula is C13H22N4O. The van der Waals surface area contributed by atoms with Crippen molar-refractivity contribution in [2.24, 2.45) is 0 Å². The van der Waals surface area contributed by atoms with E-state index in [1.807, 2.05) is 0 Å². The molecule has 1 aromatic heterocycles. The number of aryl methyl sites for hydroxylation is 1. The van der Waals surface area contributed by atoms with Crippen LogP contribution in [0.4, 0.5) is 5.95 Å². The zero-order valence-corrected chi connectivity index (χ0v) is 11.2. The van der Waals surface area contributed by atoms with Crippen LogP contribution in [0.1, 0.15) is 24.6 Å². The first-order chi connectivity index (χ1) is 8.72. The largest absolute Gasteiger partial charge is 0.374 e. The maximum Gasteiger partial charge on any atom is 0.203 e. The van der Waals surface area contributed by atoms with Crippen molar-refractivity contribution in [1.29, 1.82) is 0 Å². The van der Waals surface area contributed by atoms with Gasteiger partial charge < -0.3 is 19.5 Å². The quantitative estimate of drug-likeness (QED) is 0.874. The van der Waals surface area contributed by atoms with Crippen molar-refractivity contribution in [2.45, 2.75) is 31.9 Å². The van der Waals surface area contributed by atoms with E-state index in [1.165, 1.54) is 12.8 Å². The molecule has 3 rings (SSSR count). The number of likely N-dealkylation sites (N-methyl/N-ethyl adjacent to an activating group) is 1. The van der Waals surface area contributed by atoms with Gasteiger partial charge in [-0.15, -0.1) is 0 Å². The predicted molar refractivity (Wildman–Crippen MR) is 71.0 cm³/mol. The molecule has 1 unspecified atom stereocenters. The van der Waals surface area contributed by atoms with Crippen molar-refractivity contribution in [2.75, 3.05) is 38.6 Å². The molecule has 2 aliphatic rings. The Kier molecular flexibility index (Phi) is 3.26. The summed E-state index contributed by atoms with van der Waals surface area (Å²) in [5, 5.41) is 3.45. The van der Waals surface area contributed by atoms with Gasteiger partial charge in [0.2, 0.25) is 5.95 Å². The van der Waals surface area contributed by atoms with Gasteiger partial charge >= 0.3 is 0 Å². The third kappa shape index (κ3) is 2.67. The normalized spacial score (nSPS) is 25.3. The predicted octanol–water partition coefficient (Wildman–Crippen LogP) is 1.27. The van der Waals surface area contributed by atoms with Crippen molar-refractivity contribution < 1.29 is 4.74 Å². The van der Waals surface area contributed by atoms with Gasteiger partial charge in [0.05, 0.1) is 18.4 Å². The summed E-state index contributed by atoms with van der Waals surface area (Å²) >= 11 is 0. The second-order valence-electron chi connectivity index (χ2n) is 5.48. The fourth-order valence-corrected chi connectivity index (χ4v) is 2.47. The minimum Gasteiger partial charge on any atom is -0.374 e. The minimum atomic E-state index is 0.272. The van der Waals surface area contributed by atoms with Crippen molar-refractivity contribution in [3.8, 4) is 0 Å². The Morgan fingerprint density at radius 3 is 3.06 bits per heavy atom. The molecule has 0 bridgehead atoms. The van der Waals surface area contributed by atoms with Crippen LogP contribution in [0, 0.1) is 6.92 Å². The molecular weight excluding hydrogens is 228 g/mol. The van der Waals surface area contributed by atoms with Crippen LogP contribution in [0.2, 0.25) is 0 Å². The third-order valence-electron chi connectivity index (χ3n) is 3.62. The maximum atomic E-state index is 5.75. The van der Waals surface area contributed by atoms with Gasteiger partial charge in [-0.1, -0.05) is 0 Å². The summed E-state index contributed by atoms with van der Waals surface area (Å²) in [6.45, 7) is 5.75. The van der Waals surface area contributed by atoms with E-state index in [0.717, 1.165) is 37.9 Å². The third-order valence-corrected chi connectivity index (χ3v) is 3.62. The van der Waals surface area contributed by atoms with Crippen LogP contribution >= 0.6 is 0 Å².